The molecule has 0 aromatic rings. The maximum Gasteiger partial charge on any atom is -0.0170 e. The number of rotatable bonds is 3. The smallest absolute Gasteiger partial charge is 0.0170 e. The Kier molecular flexibility index (Phi) is 5.16. The molecule has 3 aliphatic rings. The van der Waals surface area contributed by atoms with Crippen molar-refractivity contribution in [2.45, 2.75) is 88.4 Å². The van der Waals surface area contributed by atoms with Crippen molar-refractivity contribution in [3.63, 3.8) is 0 Å². The average molecular weight is 276 g/mol. The van der Waals surface area contributed by atoms with Gasteiger partial charge in [0, 0.05) is 0 Å². The van der Waals surface area contributed by atoms with Gasteiger partial charge in [-0.3, -0.25) is 0 Å². The van der Waals surface area contributed by atoms with E-state index in [-0.39, 0.29) is 7.92 Å². The minimum absolute atomic E-state index is 0.195. The molecule has 0 aromatic heterocycles. The maximum absolute atomic E-state index is 2.51. The zero-order valence-corrected chi connectivity index (χ0v) is 13.2. The van der Waals surface area contributed by atoms with Gasteiger partial charge in [0.05, 0.1) is 0 Å². The largest absolute Gasteiger partial charge is 0.0842 e. The van der Waals surface area contributed by atoms with E-state index < -0.39 is 0 Å². The van der Waals surface area contributed by atoms with E-state index in [4.69, 9.17) is 0 Å². The summed E-state index contributed by atoms with van der Waals surface area (Å²) in [4.78, 5) is 0. The summed E-state index contributed by atoms with van der Waals surface area (Å²) in [5, 5.41) is 1.89. The van der Waals surface area contributed by atoms with Crippen LogP contribution < -0.4 is 0 Å². The molecule has 0 amide bonds. The van der Waals surface area contributed by atoms with E-state index in [9.17, 15) is 0 Å². The second-order valence-corrected chi connectivity index (χ2v) is 9.47. The highest BCUT2D eigenvalue weighted by atomic mass is 31.1. The van der Waals surface area contributed by atoms with Gasteiger partial charge in [0.1, 0.15) is 0 Å². The first-order chi connectivity index (χ1) is 9.45. The van der Waals surface area contributed by atoms with Crippen LogP contribution in [0, 0.1) is 0 Å². The van der Waals surface area contributed by atoms with Gasteiger partial charge in [-0.25, -0.2) is 0 Å². The van der Waals surface area contributed by atoms with Crippen LogP contribution in [0.2, 0.25) is 0 Å². The van der Waals surface area contributed by atoms with E-state index in [0.29, 0.717) is 0 Å². The Morgan fingerprint density at radius 1 is 0.789 bits per heavy atom. The quantitative estimate of drug-likeness (QED) is 0.525. The molecule has 0 aliphatic heterocycles. The second kappa shape index (κ2) is 7.07. The summed E-state index contributed by atoms with van der Waals surface area (Å²) >= 11 is 0. The first-order valence-corrected chi connectivity index (χ1v) is 10.1. The lowest BCUT2D eigenvalue weighted by molar-refractivity contribution is 0.485. The van der Waals surface area contributed by atoms with Crippen LogP contribution in [0.1, 0.15) is 77.0 Å². The molecule has 0 aromatic carbocycles. The van der Waals surface area contributed by atoms with E-state index >= 15 is 0 Å². The fourth-order valence-electron chi connectivity index (χ4n) is 4.29. The summed E-state index contributed by atoms with van der Waals surface area (Å²) in [6, 6.07) is 0. The van der Waals surface area contributed by atoms with Gasteiger partial charge in [-0.15, -0.1) is 0 Å². The minimum Gasteiger partial charge on any atom is -0.0842 e. The predicted molar refractivity (Wildman–Crippen MR) is 87.1 cm³/mol. The van der Waals surface area contributed by atoms with Gasteiger partial charge in [-0.2, -0.15) is 0 Å². The Bertz CT molecular complexity index is 312. The first kappa shape index (κ1) is 13.9. The lowest BCUT2D eigenvalue weighted by atomic mass is 9.99. The van der Waals surface area contributed by atoms with Gasteiger partial charge in [0.25, 0.3) is 0 Å². The lowest BCUT2D eigenvalue weighted by Gasteiger charge is -2.40. The molecule has 0 atom stereocenters. The summed E-state index contributed by atoms with van der Waals surface area (Å²) in [6.45, 7) is 0. The zero-order valence-electron chi connectivity index (χ0n) is 12.3. The summed E-state index contributed by atoms with van der Waals surface area (Å²) in [6.07, 6.45) is 25.2. The number of hydrogen-bond donors (Lipinski definition) is 0. The Morgan fingerprint density at radius 3 is 1.84 bits per heavy atom. The summed E-state index contributed by atoms with van der Waals surface area (Å²) in [5.74, 6) is 0. The molecule has 3 rings (SSSR count). The molecule has 2 fully saturated rings. The monoisotopic (exact) mass is 276 g/mol. The topological polar surface area (TPSA) is 0 Å². The van der Waals surface area contributed by atoms with Gasteiger partial charge in [-0.1, -0.05) is 64.7 Å². The minimum atomic E-state index is 0.195. The summed E-state index contributed by atoms with van der Waals surface area (Å²) < 4.78 is 0. The molecule has 3 aliphatic carbocycles. The van der Waals surface area contributed by atoms with Crippen molar-refractivity contribution in [1.29, 1.82) is 0 Å². The second-order valence-electron chi connectivity index (χ2n) is 6.62. The summed E-state index contributed by atoms with van der Waals surface area (Å²) in [5.41, 5.74) is 2.18. The highest BCUT2D eigenvalue weighted by Crippen LogP contribution is 2.62. The van der Waals surface area contributed by atoms with Gasteiger partial charge in [0.15, 0.2) is 0 Å². The van der Waals surface area contributed by atoms with Crippen molar-refractivity contribution in [3.05, 3.63) is 23.5 Å². The zero-order chi connectivity index (χ0) is 12.9. The fourth-order valence-corrected chi connectivity index (χ4v) is 8.31. The highest BCUT2D eigenvalue weighted by Gasteiger charge is 2.33. The molecule has 2 saturated carbocycles. The van der Waals surface area contributed by atoms with Crippen molar-refractivity contribution in [2.75, 3.05) is 0 Å². The van der Waals surface area contributed by atoms with Gasteiger partial charge in [-0.05, 0) is 55.2 Å². The predicted octanol–water partition coefficient (Wildman–Crippen LogP) is 6.37. The fraction of sp³-hybridized carbons (Fsp3) is 0.778. The van der Waals surface area contributed by atoms with E-state index in [1.165, 1.54) is 51.4 Å². The molecule has 0 radical (unpaired) electrons. The third kappa shape index (κ3) is 3.52. The molecule has 1 heteroatoms. The van der Waals surface area contributed by atoms with Crippen molar-refractivity contribution in [3.8, 4) is 0 Å². The van der Waals surface area contributed by atoms with Crippen molar-refractivity contribution >= 4 is 7.92 Å². The van der Waals surface area contributed by atoms with Gasteiger partial charge < -0.3 is 0 Å². The SMILES string of the molecule is C1=CCCC(P(C2CCCCC2)C2CCCCC2)=C1. The van der Waals surface area contributed by atoms with E-state index in [0.717, 1.165) is 11.3 Å². The van der Waals surface area contributed by atoms with Crippen molar-refractivity contribution < 1.29 is 0 Å². The molecule has 0 bridgehead atoms. The van der Waals surface area contributed by atoms with Crippen LogP contribution in [0.25, 0.3) is 0 Å². The lowest BCUT2D eigenvalue weighted by Crippen LogP contribution is -2.21. The van der Waals surface area contributed by atoms with Gasteiger partial charge >= 0.3 is 0 Å². The molecule has 106 valence electrons. The molecule has 19 heavy (non-hydrogen) atoms. The molecule has 0 spiro atoms. The highest BCUT2D eigenvalue weighted by molar-refractivity contribution is 7.63. The van der Waals surface area contributed by atoms with Crippen LogP contribution in [-0.2, 0) is 0 Å². The summed E-state index contributed by atoms with van der Waals surface area (Å²) in [7, 11) is 0.195. The van der Waals surface area contributed by atoms with Crippen LogP contribution in [0.5, 0.6) is 0 Å². The van der Waals surface area contributed by atoms with Gasteiger partial charge in [0.2, 0.25) is 0 Å². The maximum atomic E-state index is 2.51. The van der Waals surface area contributed by atoms with Crippen LogP contribution in [0.15, 0.2) is 23.5 Å². The Balaban J connectivity index is 1.76. The molecular weight excluding hydrogens is 247 g/mol. The number of allylic oxidation sites excluding steroid dienone is 4. The molecule has 0 saturated heterocycles. The Hall–Kier alpha value is -0.0900. The van der Waals surface area contributed by atoms with Crippen molar-refractivity contribution in [2.24, 2.45) is 0 Å². The molecule has 0 heterocycles. The standard InChI is InChI=1S/C18H29P/c1-4-10-16(11-5-1)19(17-12-6-2-7-13-17)18-14-8-3-9-15-18/h1,4,10,17-18H,2-3,5-9,11-15H2. The van der Waals surface area contributed by atoms with E-state index in [2.05, 4.69) is 18.2 Å². The van der Waals surface area contributed by atoms with E-state index in [1.807, 2.05) is 5.31 Å². The van der Waals surface area contributed by atoms with Crippen molar-refractivity contribution in [1.82, 2.24) is 0 Å². The van der Waals surface area contributed by atoms with Crippen LogP contribution in [-0.4, -0.2) is 11.3 Å². The van der Waals surface area contributed by atoms with Crippen LogP contribution in [0.3, 0.4) is 0 Å². The first-order valence-electron chi connectivity index (χ1n) is 8.59. The van der Waals surface area contributed by atoms with E-state index in [1.54, 1.807) is 25.7 Å². The molecule has 0 nitrogen and oxygen atoms in total. The molecule has 0 N–H and O–H groups in total. The molecular formula is C18H29P. The third-order valence-corrected chi connectivity index (χ3v) is 8.90. The average Bonchev–Trinajstić information content (AvgIpc) is 2.51. The van der Waals surface area contributed by atoms with Crippen LogP contribution >= 0.6 is 7.92 Å². The van der Waals surface area contributed by atoms with Crippen LogP contribution in [0.4, 0.5) is 0 Å². The Morgan fingerprint density at radius 2 is 1.37 bits per heavy atom. The molecule has 0 unspecified atom stereocenters. The number of hydrogen-bond acceptors (Lipinski definition) is 0. The Labute approximate surface area is 120 Å². The third-order valence-electron chi connectivity index (χ3n) is 5.26. The normalized spacial score (nSPS) is 26.7.